The van der Waals surface area contributed by atoms with Crippen LogP contribution in [-0.4, -0.2) is 85.7 Å². The van der Waals surface area contributed by atoms with E-state index in [1.54, 1.807) is 42.5 Å². The Labute approximate surface area is 271 Å². The predicted octanol–water partition coefficient (Wildman–Crippen LogP) is 5.35. The van der Waals surface area contributed by atoms with Gasteiger partial charge in [-0.2, -0.15) is 18.3 Å². The van der Waals surface area contributed by atoms with Gasteiger partial charge in [-0.15, -0.1) is 0 Å². The van der Waals surface area contributed by atoms with Gasteiger partial charge in [0.25, 0.3) is 0 Å². The van der Waals surface area contributed by atoms with Crippen molar-refractivity contribution in [3.63, 3.8) is 0 Å². The molecule has 0 unspecified atom stereocenters. The summed E-state index contributed by atoms with van der Waals surface area (Å²) in [6, 6.07) is 7.78. The van der Waals surface area contributed by atoms with Crippen LogP contribution in [0.4, 0.5) is 13.2 Å². The zero-order chi connectivity index (χ0) is 33.3. The summed E-state index contributed by atoms with van der Waals surface area (Å²) in [5.41, 5.74) is 2.24. The second-order valence-corrected chi connectivity index (χ2v) is 12.3. The van der Waals surface area contributed by atoms with Gasteiger partial charge in [-0.25, -0.2) is 9.50 Å². The molecule has 3 aromatic heterocycles. The summed E-state index contributed by atoms with van der Waals surface area (Å²) in [5.74, 6) is 0.434. The molecule has 0 saturated carbocycles. The summed E-state index contributed by atoms with van der Waals surface area (Å²) < 4.78 is 50.1. The van der Waals surface area contributed by atoms with Crippen LogP contribution in [0.2, 0.25) is 0 Å². The number of fused-ring (bicyclic) bond motifs is 2. The number of likely N-dealkylation sites (N-methyl/N-ethyl adjacent to an activating group) is 1. The predicted molar refractivity (Wildman–Crippen MR) is 168 cm³/mol. The quantitative estimate of drug-likeness (QED) is 0.224. The number of hydrogen-bond acceptors (Lipinski definition) is 8. The molecule has 1 aromatic carbocycles. The molecule has 2 aliphatic rings. The second-order valence-electron chi connectivity index (χ2n) is 12.3. The van der Waals surface area contributed by atoms with Crippen LogP contribution in [0, 0.1) is 0 Å². The number of rotatable bonds is 9. The van der Waals surface area contributed by atoms with E-state index in [0.717, 1.165) is 36.8 Å². The highest BCUT2D eigenvalue weighted by atomic mass is 19.4. The number of pyridine rings is 1. The number of ether oxygens (including phenoxy) is 1. The zero-order valence-electron chi connectivity index (χ0n) is 26.8. The van der Waals surface area contributed by atoms with Crippen LogP contribution < -0.4 is 4.74 Å². The smallest absolute Gasteiger partial charge is 0.416 e. The third-order valence-corrected chi connectivity index (χ3v) is 9.00. The van der Waals surface area contributed by atoms with Gasteiger partial charge < -0.3 is 14.5 Å². The minimum Gasteiger partial charge on any atom is -0.452 e. The van der Waals surface area contributed by atoms with Crippen LogP contribution in [0.15, 0.2) is 48.9 Å². The van der Waals surface area contributed by atoms with Crippen molar-refractivity contribution in [2.75, 3.05) is 39.8 Å². The maximum Gasteiger partial charge on any atom is 0.416 e. The zero-order valence-corrected chi connectivity index (χ0v) is 26.8. The average molecular weight is 650 g/mol. The van der Waals surface area contributed by atoms with Gasteiger partial charge in [0.05, 0.1) is 36.3 Å². The lowest BCUT2D eigenvalue weighted by Gasteiger charge is -2.34. The van der Waals surface area contributed by atoms with Gasteiger partial charge in [0.15, 0.2) is 17.2 Å². The molecule has 0 N–H and O–H groups in total. The number of halogens is 3. The van der Waals surface area contributed by atoms with Crippen molar-refractivity contribution in [3.05, 3.63) is 82.6 Å². The molecule has 5 heterocycles. The van der Waals surface area contributed by atoms with Gasteiger partial charge in [-0.3, -0.25) is 19.5 Å². The molecule has 1 amide bonds. The fraction of sp³-hybridized carbons (Fsp3) is 0.441. The first-order valence-corrected chi connectivity index (χ1v) is 15.9. The van der Waals surface area contributed by atoms with Gasteiger partial charge in [0.1, 0.15) is 11.4 Å². The lowest BCUT2D eigenvalue weighted by Crippen LogP contribution is -2.44. The highest BCUT2D eigenvalue weighted by Gasteiger charge is 2.35. The fourth-order valence-electron chi connectivity index (χ4n) is 6.25. The normalized spacial score (nSPS) is 17.6. The number of amides is 1. The Kier molecular flexibility index (Phi) is 9.29. The number of piperazine rings is 1. The number of carbonyl (C=O) groups is 2. The highest BCUT2D eigenvalue weighted by Crippen LogP contribution is 2.35. The van der Waals surface area contributed by atoms with E-state index in [0.29, 0.717) is 54.5 Å². The van der Waals surface area contributed by atoms with Gasteiger partial charge in [-0.1, -0.05) is 26.0 Å². The van der Waals surface area contributed by atoms with E-state index in [1.807, 2.05) is 24.9 Å². The maximum atomic E-state index is 14.2. The summed E-state index contributed by atoms with van der Waals surface area (Å²) in [4.78, 5) is 40.7. The van der Waals surface area contributed by atoms with E-state index in [4.69, 9.17) is 4.74 Å². The molecule has 4 aromatic rings. The molecule has 1 fully saturated rings. The Bertz CT molecular complexity index is 1780. The topological polar surface area (TPSA) is 96.2 Å². The molecule has 0 spiro atoms. The number of hydrogen-bond donors (Lipinski definition) is 0. The summed E-state index contributed by atoms with van der Waals surface area (Å²) in [6.07, 6.45) is 1.12. The number of alkyl halides is 3. The third kappa shape index (κ3) is 7.15. The maximum absolute atomic E-state index is 14.2. The first kappa shape index (κ1) is 32.6. The van der Waals surface area contributed by atoms with E-state index in [1.165, 1.54) is 10.6 Å². The Balaban J connectivity index is 1.19. The summed E-state index contributed by atoms with van der Waals surface area (Å²) in [7, 11) is 2.01. The van der Waals surface area contributed by atoms with E-state index in [2.05, 4.69) is 20.0 Å². The minimum atomic E-state index is -4.52. The summed E-state index contributed by atoms with van der Waals surface area (Å²) in [5, 5.41) is 4.22. The summed E-state index contributed by atoms with van der Waals surface area (Å²) in [6.45, 7) is 7.74. The largest absolute Gasteiger partial charge is 0.452 e. The number of nitrogens with zero attached hydrogens (tertiary/aromatic N) is 7. The molecule has 0 bridgehead atoms. The molecule has 47 heavy (non-hydrogen) atoms. The SMILES string of the molecule is CCC(=O)c1cn2nccc(Oc3cnc4c(c3)CN(C(=O)Cc3ccc(CN5CCN(C)CC5)c(C(F)(F)F)c3)C[C@@H]4CC)c2n1. The number of imidazole rings is 1. The van der Waals surface area contributed by atoms with Gasteiger partial charge in [0, 0.05) is 64.2 Å². The summed E-state index contributed by atoms with van der Waals surface area (Å²) >= 11 is 0. The van der Waals surface area contributed by atoms with E-state index in [9.17, 15) is 22.8 Å². The Morgan fingerprint density at radius 1 is 1.06 bits per heavy atom. The van der Waals surface area contributed by atoms with E-state index >= 15 is 0 Å². The van der Waals surface area contributed by atoms with Crippen LogP contribution in [0.5, 0.6) is 11.5 Å². The van der Waals surface area contributed by atoms with Gasteiger partial charge in [0.2, 0.25) is 5.91 Å². The standard InChI is InChI=1S/C34H38F3N7O3/c1-4-23-19-43(31(46)15-22-6-7-24(27(14-22)34(35,36)37)18-42-12-10-41(3)11-13-42)20-25-16-26(17-38-32(23)25)47-30-8-9-39-44-21-28(29(45)5-2)40-33(30)44/h6-9,14,16-17,21,23H,4-5,10-13,15,18-20H2,1-3H3/t23-/m0/s1. The van der Waals surface area contributed by atoms with Crippen LogP contribution in [0.25, 0.3) is 5.65 Å². The van der Waals surface area contributed by atoms with Gasteiger partial charge >= 0.3 is 6.18 Å². The molecular weight excluding hydrogens is 611 g/mol. The van der Waals surface area contributed by atoms with Crippen molar-refractivity contribution in [2.24, 2.45) is 0 Å². The molecule has 248 valence electrons. The van der Waals surface area contributed by atoms with Crippen LogP contribution in [-0.2, 0) is 30.5 Å². The third-order valence-electron chi connectivity index (χ3n) is 9.00. The van der Waals surface area contributed by atoms with E-state index in [-0.39, 0.29) is 42.7 Å². The number of aromatic nitrogens is 4. The first-order valence-electron chi connectivity index (χ1n) is 15.9. The first-order chi connectivity index (χ1) is 22.5. The van der Waals surface area contributed by atoms with Crippen molar-refractivity contribution in [2.45, 2.75) is 58.3 Å². The molecular formula is C34H38F3N7O3. The van der Waals surface area contributed by atoms with Crippen molar-refractivity contribution in [3.8, 4) is 11.5 Å². The van der Waals surface area contributed by atoms with E-state index < -0.39 is 11.7 Å². The second kappa shape index (κ2) is 13.4. The van der Waals surface area contributed by atoms with Crippen molar-refractivity contribution < 1.29 is 27.5 Å². The molecule has 10 nitrogen and oxygen atoms in total. The Morgan fingerprint density at radius 2 is 1.85 bits per heavy atom. The molecule has 6 rings (SSSR count). The lowest BCUT2D eigenvalue weighted by atomic mass is 9.92. The Hall–Kier alpha value is -4.36. The molecule has 0 aliphatic carbocycles. The number of benzene rings is 1. The van der Waals surface area contributed by atoms with Crippen molar-refractivity contribution in [1.29, 1.82) is 0 Å². The minimum absolute atomic E-state index is 0.0315. The van der Waals surface area contributed by atoms with Crippen molar-refractivity contribution in [1.82, 2.24) is 34.3 Å². The monoisotopic (exact) mass is 649 g/mol. The lowest BCUT2D eigenvalue weighted by molar-refractivity contribution is -0.138. The van der Waals surface area contributed by atoms with Crippen LogP contribution in [0.1, 0.15) is 71.0 Å². The molecule has 1 atom stereocenters. The number of Topliss-reactive ketones (excluding diaryl/α,β-unsaturated/α-hetero) is 1. The van der Waals surface area contributed by atoms with Crippen molar-refractivity contribution >= 4 is 17.3 Å². The highest BCUT2D eigenvalue weighted by molar-refractivity contribution is 5.94. The van der Waals surface area contributed by atoms with Crippen LogP contribution in [0.3, 0.4) is 0 Å². The van der Waals surface area contributed by atoms with Gasteiger partial charge in [-0.05, 0) is 42.3 Å². The molecule has 1 saturated heterocycles. The average Bonchev–Trinajstić information content (AvgIpc) is 3.50. The fourth-order valence-corrected chi connectivity index (χ4v) is 6.25. The van der Waals surface area contributed by atoms with Crippen LogP contribution >= 0.6 is 0 Å². The molecule has 2 aliphatic heterocycles. The number of carbonyl (C=O) groups excluding carboxylic acids is 2. The molecule has 13 heteroatoms. The number of ketones is 1. The Morgan fingerprint density at radius 3 is 2.57 bits per heavy atom. The molecule has 0 radical (unpaired) electrons.